The van der Waals surface area contributed by atoms with Gasteiger partial charge in [0.15, 0.2) is 0 Å². The number of hydrogen-bond acceptors (Lipinski definition) is 5. The molecule has 3 heterocycles. The van der Waals surface area contributed by atoms with Crippen molar-refractivity contribution in [2.24, 2.45) is 0 Å². The van der Waals surface area contributed by atoms with Crippen molar-refractivity contribution >= 4 is 28.9 Å². The summed E-state index contributed by atoms with van der Waals surface area (Å²) in [6, 6.07) is 0.225. The molecule has 23 heavy (non-hydrogen) atoms. The molecule has 2 aromatic heterocycles. The number of aromatic nitrogens is 4. The Balaban J connectivity index is 1.65. The van der Waals surface area contributed by atoms with E-state index in [1.807, 2.05) is 31.6 Å². The first-order valence-electron chi connectivity index (χ1n) is 7.67. The van der Waals surface area contributed by atoms with Crippen LogP contribution in [0.1, 0.15) is 39.7 Å². The summed E-state index contributed by atoms with van der Waals surface area (Å²) < 4.78 is 7.29. The van der Waals surface area contributed by atoms with Crippen LogP contribution >= 0.6 is 11.6 Å². The Hall–Kier alpha value is -1.89. The molecule has 1 fully saturated rings. The number of piperidine rings is 1. The molecule has 7 nitrogen and oxygen atoms in total. The molecule has 0 spiro atoms. The monoisotopic (exact) mass is 337 g/mol. The van der Waals surface area contributed by atoms with E-state index < -0.39 is 5.60 Å². The minimum absolute atomic E-state index is 0.225. The van der Waals surface area contributed by atoms with Crippen molar-refractivity contribution in [3.8, 4) is 0 Å². The van der Waals surface area contributed by atoms with Crippen LogP contribution in [0, 0.1) is 0 Å². The number of nitrogens with zero attached hydrogens (tertiary/aromatic N) is 5. The Morgan fingerprint density at radius 2 is 2.04 bits per heavy atom. The van der Waals surface area contributed by atoms with E-state index in [1.165, 1.54) is 6.20 Å². The molecule has 1 aliphatic rings. The summed E-state index contributed by atoms with van der Waals surface area (Å²) >= 11 is 5.84. The Kier molecular flexibility index (Phi) is 4.14. The van der Waals surface area contributed by atoms with E-state index in [1.54, 1.807) is 4.90 Å². The summed E-state index contributed by atoms with van der Waals surface area (Å²) in [6.45, 7) is 6.92. The Morgan fingerprint density at radius 3 is 2.70 bits per heavy atom. The molecule has 0 aliphatic carbocycles. The molecule has 1 aliphatic heterocycles. The van der Waals surface area contributed by atoms with E-state index in [9.17, 15) is 4.79 Å². The van der Waals surface area contributed by atoms with Crippen LogP contribution < -0.4 is 0 Å². The van der Waals surface area contributed by atoms with Gasteiger partial charge < -0.3 is 9.64 Å². The predicted molar refractivity (Wildman–Crippen MR) is 86.4 cm³/mol. The van der Waals surface area contributed by atoms with E-state index >= 15 is 0 Å². The lowest BCUT2D eigenvalue weighted by atomic mass is 10.1. The highest BCUT2D eigenvalue weighted by Crippen LogP contribution is 2.24. The van der Waals surface area contributed by atoms with Gasteiger partial charge in [-0.25, -0.2) is 14.8 Å². The zero-order chi connectivity index (χ0) is 16.6. The van der Waals surface area contributed by atoms with Crippen molar-refractivity contribution in [2.45, 2.75) is 45.3 Å². The van der Waals surface area contributed by atoms with Gasteiger partial charge in [-0.3, -0.25) is 4.68 Å². The number of halogens is 1. The maximum atomic E-state index is 12.1. The molecule has 1 saturated heterocycles. The highest BCUT2D eigenvalue weighted by atomic mass is 35.5. The average Bonchev–Trinajstić information content (AvgIpc) is 2.88. The zero-order valence-corrected chi connectivity index (χ0v) is 14.2. The third-order valence-corrected chi connectivity index (χ3v) is 3.89. The number of ether oxygens (including phenoxy) is 1. The Labute approximate surface area is 139 Å². The first kappa shape index (κ1) is 16.0. The lowest BCUT2D eigenvalue weighted by molar-refractivity contribution is 0.0185. The number of rotatable bonds is 1. The second-order valence-corrected chi connectivity index (χ2v) is 7.10. The van der Waals surface area contributed by atoms with Crippen LogP contribution in [0.2, 0.25) is 5.15 Å². The van der Waals surface area contributed by atoms with Crippen molar-refractivity contribution in [1.82, 2.24) is 24.6 Å². The quantitative estimate of drug-likeness (QED) is 0.799. The minimum atomic E-state index is -0.468. The van der Waals surface area contributed by atoms with Crippen LogP contribution in [0.15, 0.2) is 12.4 Å². The summed E-state index contributed by atoms with van der Waals surface area (Å²) in [4.78, 5) is 22.2. The molecule has 0 unspecified atom stereocenters. The maximum Gasteiger partial charge on any atom is 0.410 e. The summed E-state index contributed by atoms with van der Waals surface area (Å²) in [5, 5.41) is 4.79. The van der Waals surface area contributed by atoms with Gasteiger partial charge in [-0.05, 0) is 33.6 Å². The smallest absolute Gasteiger partial charge is 0.410 e. The van der Waals surface area contributed by atoms with Crippen LogP contribution in [0.5, 0.6) is 0 Å². The van der Waals surface area contributed by atoms with Crippen molar-refractivity contribution < 1.29 is 9.53 Å². The number of likely N-dealkylation sites (tertiary alicyclic amines) is 1. The summed E-state index contributed by atoms with van der Waals surface area (Å²) in [5.74, 6) is 0. The van der Waals surface area contributed by atoms with Crippen molar-refractivity contribution in [3.63, 3.8) is 0 Å². The van der Waals surface area contributed by atoms with Crippen LogP contribution in [-0.2, 0) is 4.74 Å². The molecule has 0 atom stereocenters. The van der Waals surface area contributed by atoms with Crippen LogP contribution in [0.3, 0.4) is 0 Å². The van der Waals surface area contributed by atoms with Gasteiger partial charge in [-0.15, -0.1) is 0 Å². The minimum Gasteiger partial charge on any atom is -0.444 e. The van der Waals surface area contributed by atoms with Gasteiger partial charge >= 0.3 is 6.09 Å². The molecular weight excluding hydrogens is 318 g/mol. The lowest BCUT2D eigenvalue weighted by Gasteiger charge is -2.33. The molecule has 124 valence electrons. The highest BCUT2D eigenvalue weighted by Gasteiger charge is 2.28. The number of carbonyl (C=O) groups excluding carboxylic acids is 1. The van der Waals surface area contributed by atoms with Crippen molar-refractivity contribution in [3.05, 3.63) is 17.5 Å². The number of fused-ring (bicyclic) bond motifs is 1. The number of carbonyl (C=O) groups is 1. The molecule has 8 heteroatoms. The van der Waals surface area contributed by atoms with Crippen LogP contribution in [-0.4, -0.2) is 49.4 Å². The summed E-state index contributed by atoms with van der Waals surface area (Å²) in [5.41, 5.74) is 0.806. The largest absolute Gasteiger partial charge is 0.444 e. The first-order valence-corrected chi connectivity index (χ1v) is 8.05. The summed E-state index contributed by atoms with van der Waals surface area (Å²) in [7, 11) is 0. The Morgan fingerprint density at radius 1 is 1.35 bits per heavy atom. The molecule has 0 N–H and O–H groups in total. The van der Waals surface area contributed by atoms with E-state index in [0.29, 0.717) is 23.9 Å². The van der Waals surface area contributed by atoms with Crippen molar-refractivity contribution in [1.29, 1.82) is 0 Å². The molecule has 2 aromatic rings. The zero-order valence-electron chi connectivity index (χ0n) is 13.5. The second-order valence-electron chi connectivity index (χ2n) is 6.71. The molecule has 0 aromatic carbocycles. The number of hydrogen-bond donors (Lipinski definition) is 0. The van der Waals surface area contributed by atoms with E-state index in [4.69, 9.17) is 16.3 Å². The Bertz CT molecular complexity index is 716. The lowest BCUT2D eigenvalue weighted by Crippen LogP contribution is -2.42. The third kappa shape index (κ3) is 3.72. The fraction of sp³-hybridized carbons (Fsp3) is 0.600. The summed E-state index contributed by atoms with van der Waals surface area (Å²) in [6.07, 6.45) is 4.78. The van der Waals surface area contributed by atoms with E-state index in [2.05, 4.69) is 15.1 Å². The predicted octanol–water partition coefficient (Wildman–Crippen LogP) is 3.05. The third-order valence-electron chi connectivity index (χ3n) is 3.71. The SMILES string of the molecule is CC(C)(C)OC(=O)N1CCC(n2cc3ncc(Cl)nc3n2)CC1. The van der Waals surface area contributed by atoms with Gasteiger partial charge in [-0.1, -0.05) is 11.6 Å². The van der Waals surface area contributed by atoms with E-state index in [0.717, 1.165) is 18.4 Å². The first-order chi connectivity index (χ1) is 10.8. The van der Waals surface area contributed by atoms with Gasteiger partial charge in [0.05, 0.1) is 18.4 Å². The normalized spacial score (nSPS) is 16.8. The van der Waals surface area contributed by atoms with Crippen molar-refractivity contribution in [2.75, 3.05) is 13.1 Å². The molecular formula is C15H20ClN5O2. The molecule has 1 amide bonds. The fourth-order valence-electron chi connectivity index (χ4n) is 2.62. The molecule has 0 bridgehead atoms. The second kappa shape index (κ2) is 5.96. The number of amides is 1. The fourth-order valence-corrected chi connectivity index (χ4v) is 2.75. The van der Waals surface area contributed by atoms with Gasteiger partial charge in [-0.2, -0.15) is 5.10 Å². The van der Waals surface area contributed by atoms with Crippen LogP contribution in [0.25, 0.3) is 11.2 Å². The topological polar surface area (TPSA) is 73.1 Å². The average molecular weight is 338 g/mol. The molecule has 0 saturated carbocycles. The van der Waals surface area contributed by atoms with Crippen LogP contribution in [0.4, 0.5) is 4.79 Å². The standard InChI is InChI=1S/C15H20ClN5O2/c1-15(2,3)23-14(22)20-6-4-10(5-7-20)21-9-11-13(19-21)18-12(16)8-17-11/h8-10H,4-7H2,1-3H3. The highest BCUT2D eigenvalue weighted by molar-refractivity contribution is 6.29. The molecule has 3 rings (SSSR count). The van der Waals surface area contributed by atoms with Gasteiger partial charge in [0, 0.05) is 13.1 Å². The van der Waals surface area contributed by atoms with E-state index in [-0.39, 0.29) is 12.1 Å². The maximum absolute atomic E-state index is 12.1. The van der Waals surface area contributed by atoms with Gasteiger partial charge in [0.2, 0.25) is 5.65 Å². The molecule has 0 radical (unpaired) electrons. The van der Waals surface area contributed by atoms with Gasteiger partial charge in [0.25, 0.3) is 0 Å². The van der Waals surface area contributed by atoms with Gasteiger partial charge in [0.1, 0.15) is 16.3 Å².